The number of nitrogens with one attached hydrogen (secondary N) is 1. The Morgan fingerprint density at radius 3 is 1.47 bits per heavy atom. The number of carbonyl (C=O) groups excluding carboxylic acids is 1. The van der Waals surface area contributed by atoms with E-state index < -0.39 is 124 Å². The predicted molar refractivity (Wildman–Crippen MR) is 272 cm³/mol. The van der Waals surface area contributed by atoms with Crippen molar-refractivity contribution in [3.05, 3.63) is 60.8 Å². The Morgan fingerprint density at radius 2 is 0.918 bits per heavy atom. The van der Waals surface area contributed by atoms with Crippen molar-refractivity contribution in [2.45, 2.75) is 247 Å². The summed E-state index contributed by atoms with van der Waals surface area (Å²) < 4.78 is 34.1. The highest BCUT2D eigenvalue weighted by atomic mass is 16.8. The minimum atomic E-state index is -1.98. The van der Waals surface area contributed by atoms with E-state index in [9.17, 15) is 61.0 Å². The van der Waals surface area contributed by atoms with Crippen LogP contribution in [-0.2, 0) is 33.2 Å². The van der Waals surface area contributed by atoms with E-state index >= 15 is 0 Å². The van der Waals surface area contributed by atoms with Gasteiger partial charge in [-0.25, -0.2) is 0 Å². The molecule has 73 heavy (non-hydrogen) atoms. The summed E-state index contributed by atoms with van der Waals surface area (Å²) in [4.78, 5) is 13.2. The molecule has 17 unspecified atom stereocenters. The molecule has 0 spiro atoms. The number of rotatable bonds is 37. The predicted octanol–water partition coefficient (Wildman–Crippen LogP) is 2.92. The van der Waals surface area contributed by atoms with Gasteiger partial charge in [0.05, 0.1) is 38.6 Å². The molecule has 1 amide bonds. The summed E-state index contributed by atoms with van der Waals surface area (Å²) in [6.07, 6.45) is 13.8. The molecule has 3 heterocycles. The molecule has 19 heteroatoms. The molecule has 0 aromatic rings. The fraction of sp³-hybridized carbons (Fsp3) is 0.796. The van der Waals surface area contributed by atoms with Crippen LogP contribution < -0.4 is 5.32 Å². The highest BCUT2D eigenvalue weighted by molar-refractivity contribution is 5.76. The summed E-state index contributed by atoms with van der Waals surface area (Å²) in [5, 5.41) is 120. The zero-order valence-corrected chi connectivity index (χ0v) is 43.3. The molecule has 422 valence electrons. The molecule has 0 aromatic heterocycles. The summed E-state index contributed by atoms with van der Waals surface area (Å²) in [5.74, 6) is -0.305. The summed E-state index contributed by atoms with van der Waals surface area (Å²) in [6, 6.07) is -0.996. The van der Waals surface area contributed by atoms with Crippen LogP contribution in [0.2, 0.25) is 0 Å². The number of hydrogen-bond acceptors (Lipinski definition) is 18. The number of allylic oxidation sites excluding steroid dienone is 9. The Bertz CT molecular complexity index is 1580. The number of hydrogen-bond donors (Lipinski definition) is 12. The molecule has 3 aliphatic rings. The molecule has 3 aliphatic heterocycles. The number of ether oxygens (including phenoxy) is 6. The molecule has 3 rings (SSSR count). The third kappa shape index (κ3) is 23.3. The number of carbonyl (C=O) groups is 1. The highest BCUT2D eigenvalue weighted by Crippen LogP contribution is 2.33. The number of aliphatic hydroxyl groups excluding tert-OH is 11. The Balaban J connectivity index is 1.52. The van der Waals surface area contributed by atoms with Crippen molar-refractivity contribution >= 4 is 5.91 Å². The largest absolute Gasteiger partial charge is 0.394 e. The summed E-state index contributed by atoms with van der Waals surface area (Å²) in [6.45, 7) is 1.56. The number of amides is 1. The van der Waals surface area contributed by atoms with E-state index in [1.807, 2.05) is 6.08 Å². The van der Waals surface area contributed by atoms with E-state index in [1.54, 1.807) is 6.08 Å². The molecule has 17 atom stereocenters. The van der Waals surface area contributed by atoms with Crippen LogP contribution in [0.3, 0.4) is 0 Å². The molecule has 12 N–H and O–H groups in total. The molecule has 0 aromatic carbocycles. The van der Waals surface area contributed by atoms with Gasteiger partial charge in [-0.05, 0) is 70.6 Å². The molecule has 3 saturated heterocycles. The first-order valence-corrected chi connectivity index (χ1v) is 27.0. The lowest BCUT2D eigenvalue weighted by Gasteiger charge is -2.48. The Labute approximate surface area is 433 Å². The van der Waals surface area contributed by atoms with E-state index in [2.05, 4.69) is 67.8 Å². The smallest absolute Gasteiger partial charge is 0.220 e. The van der Waals surface area contributed by atoms with Gasteiger partial charge in [0.15, 0.2) is 18.9 Å². The van der Waals surface area contributed by atoms with Gasteiger partial charge in [0.25, 0.3) is 0 Å². The number of aliphatic hydroxyl groups is 11. The van der Waals surface area contributed by atoms with Gasteiger partial charge in [0, 0.05) is 6.42 Å². The first-order chi connectivity index (χ1) is 35.3. The summed E-state index contributed by atoms with van der Waals surface area (Å²) in [5.41, 5.74) is 0. The van der Waals surface area contributed by atoms with Crippen molar-refractivity contribution in [1.29, 1.82) is 0 Å². The monoisotopic (exact) mass is 1040 g/mol. The SMILES string of the molecule is CCCCC/C=C\C/C=C\C/C=C\CCCCCCCCC(=O)NC(COC1OC(CO)C(OC2OC(CO)C(OC3OC(CO)C(O)C(O)C3O)C(O)C2O)C(O)C1O)C(O)/C=C/CC/C=C/CCCCC. The second kappa shape index (κ2) is 38.1. The molecule has 0 bridgehead atoms. The fourth-order valence-corrected chi connectivity index (χ4v) is 8.74. The lowest BCUT2D eigenvalue weighted by molar-refractivity contribution is -0.379. The topological polar surface area (TPSA) is 307 Å². The van der Waals surface area contributed by atoms with E-state index in [0.717, 1.165) is 83.5 Å². The van der Waals surface area contributed by atoms with Gasteiger partial charge >= 0.3 is 0 Å². The van der Waals surface area contributed by atoms with Gasteiger partial charge < -0.3 is 89.9 Å². The minimum Gasteiger partial charge on any atom is -0.394 e. The second-order valence-electron chi connectivity index (χ2n) is 19.3. The number of unbranched alkanes of at least 4 members (excludes halogenated alkanes) is 13. The molecular formula is C54H93NO18. The van der Waals surface area contributed by atoms with Crippen molar-refractivity contribution in [3.63, 3.8) is 0 Å². The van der Waals surface area contributed by atoms with Gasteiger partial charge in [0.2, 0.25) is 5.91 Å². The standard InChI is InChI=1S/C54H93NO18/c1-3-5-7-9-11-13-14-15-16-17-18-19-20-21-22-24-26-28-30-32-42(60)55-37(38(59)31-29-27-25-23-12-10-8-6-4-2)36-68-52-48(66)45(63)50(40(34-57)70-52)73-54-49(67)46(64)51(41(35-58)71-54)72-53-47(65)44(62)43(61)39(33-56)69-53/h11-13,15-16,18-19,23,29,31,37-41,43-54,56-59,61-67H,3-10,14,17,20-22,24-28,30,32-36H2,1-2H3,(H,55,60)/b13-11-,16-15-,19-18-,23-12+,31-29+. The van der Waals surface area contributed by atoms with Crippen molar-refractivity contribution in [1.82, 2.24) is 5.32 Å². The van der Waals surface area contributed by atoms with Crippen molar-refractivity contribution in [2.75, 3.05) is 26.4 Å². The quantitative estimate of drug-likeness (QED) is 0.0315. The summed E-state index contributed by atoms with van der Waals surface area (Å²) >= 11 is 0. The van der Waals surface area contributed by atoms with Crippen molar-refractivity contribution in [2.24, 2.45) is 0 Å². The van der Waals surface area contributed by atoms with Crippen LogP contribution in [-0.4, -0.2) is 193 Å². The van der Waals surface area contributed by atoms with Crippen LogP contribution in [0.5, 0.6) is 0 Å². The summed E-state index contributed by atoms with van der Waals surface area (Å²) in [7, 11) is 0. The second-order valence-corrected chi connectivity index (χ2v) is 19.3. The fourth-order valence-electron chi connectivity index (χ4n) is 8.74. The van der Waals surface area contributed by atoms with Crippen LogP contribution in [0.4, 0.5) is 0 Å². The van der Waals surface area contributed by atoms with Crippen molar-refractivity contribution < 1.29 is 89.4 Å². The van der Waals surface area contributed by atoms with Crippen molar-refractivity contribution in [3.8, 4) is 0 Å². The van der Waals surface area contributed by atoms with Crippen LogP contribution in [0, 0.1) is 0 Å². The lowest BCUT2D eigenvalue weighted by Crippen LogP contribution is -2.66. The third-order valence-corrected chi connectivity index (χ3v) is 13.3. The molecule has 19 nitrogen and oxygen atoms in total. The van der Waals surface area contributed by atoms with E-state index in [0.29, 0.717) is 12.8 Å². The molecule has 0 radical (unpaired) electrons. The zero-order valence-electron chi connectivity index (χ0n) is 43.3. The van der Waals surface area contributed by atoms with Gasteiger partial charge in [-0.3, -0.25) is 4.79 Å². The zero-order chi connectivity index (χ0) is 53.4. The van der Waals surface area contributed by atoms with Crippen LogP contribution >= 0.6 is 0 Å². The Hall–Kier alpha value is -2.51. The van der Waals surface area contributed by atoms with Gasteiger partial charge in [-0.1, -0.05) is 126 Å². The molecule has 0 saturated carbocycles. The highest BCUT2D eigenvalue weighted by Gasteiger charge is 2.53. The minimum absolute atomic E-state index is 0.217. The normalized spacial score (nSPS) is 32.2. The van der Waals surface area contributed by atoms with E-state index in [1.165, 1.54) is 25.7 Å². The lowest BCUT2D eigenvalue weighted by atomic mass is 9.96. The van der Waals surface area contributed by atoms with Gasteiger partial charge in [0.1, 0.15) is 73.2 Å². The maximum Gasteiger partial charge on any atom is 0.220 e. The van der Waals surface area contributed by atoms with Crippen LogP contribution in [0.1, 0.15) is 142 Å². The maximum atomic E-state index is 13.2. The van der Waals surface area contributed by atoms with E-state index in [-0.39, 0.29) is 18.9 Å². The van der Waals surface area contributed by atoms with Crippen LogP contribution in [0.15, 0.2) is 60.8 Å². The first-order valence-electron chi connectivity index (χ1n) is 27.0. The average Bonchev–Trinajstić information content (AvgIpc) is 3.39. The molecule has 0 aliphatic carbocycles. The Kier molecular flexibility index (Phi) is 33.8. The molecular weight excluding hydrogens is 951 g/mol. The maximum absolute atomic E-state index is 13.2. The third-order valence-electron chi connectivity index (χ3n) is 13.3. The first kappa shape index (κ1) is 64.8. The van der Waals surface area contributed by atoms with Gasteiger partial charge in [-0.15, -0.1) is 0 Å². The van der Waals surface area contributed by atoms with Crippen LogP contribution in [0.25, 0.3) is 0 Å². The molecule has 3 fully saturated rings. The average molecular weight is 1040 g/mol. The Morgan fingerprint density at radius 1 is 0.493 bits per heavy atom. The van der Waals surface area contributed by atoms with Gasteiger partial charge in [-0.2, -0.15) is 0 Å². The van der Waals surface area contributed by atoms with E-state index in [4.69, 9.17) is 28.4 Å².